The van der Waals surface area contributed by atoms with Gasteiger partial charge in [-0.1, -0.05) is 193 Å². The van der Waals surface area contributed by atoms with Crippen LogP contribution >= 0.6 is 11.6 Å². The first-order valence-electron chi connectivity index (χ1n) is 26.1. The second-order valence-corrected chi connectivity index (χ2v) is 21.0. The van der Waals surface area contributed by atoms with Crippen LogP contribution in [0.1, 0.15) is 131 Å². The Hall–Kier alpha value is -6.46. The Bertz CT molecular complexity index is 2660. The molecule has 1 fully saturated rings. The van der Waals surface area contributed by atoms with Crippen LogP contribution in [-0.2, 0) is 34.3 Å². The van der Waals surface area contributed by atoms with Crippen LogP contribution in [0, 0.1) is 11.8 Å². The van der Waals surface area contributed by atoms with Crippen LogP contribution in [0.25, 0.3) is 11.1 Å². The van der Waals surface area contributed by atoms with Gasteiger partial charge >= 0.3 is 12.1 Å². The third-order valence-electron chi connectivity index (χ3n) is 15.1. The number of hydrogen-bond donors (Lipinski definition) is 1. The molecule has 0 saturated heterocycles. The van der Waals surface area contributed by atoms with Gasteiger partial charge in [-0.05, 0) is 70.9 Å². The highest BCUT2D eigenvalue weighted by Gasteiger charge is 2.45. The van der Waals surface area contributed by atoms with Gasteiger partial charge in [0.25, 0.3) is 0 Å². The van der Waals surface area contributed by atoms with Crippen LogP contribution in [0.15, 0.2) is 127 Å². The molecule has 0 heterocycles. The average molecular weight is 1010 g/mol. The van der Waals surface area contributed by atoms with Crippen molar-refractivity contribution in [2.24, 2.45) is 11.8 Å². The Kier molecular flexibility index (Phi) is 18.2. The Balaban J connectivity index is 1.15. The topological polar surface area (TPSA) is 126 Å². The molecular formula is C61H73ClN4O7. The Morgan fingerprint density at radius 2 is 1.21 bits per heavy atom. The summed E-state index contributed by atoms with van der Waals surface area (Å²) < 4.78 is 12.7. The van der Waals surface area contributed by atoms with E-state index in [2.05, 4.69) is 29.6 Å². The summed E-state index contributed by atoms with van der Waals surface area (Å²) in [6.07, 6.45) is 6.61. The second-order valence-electron chi connectivity index (χ2n) is 20.6. The standard InChI is InChI=1S/C61H73ClN4O7/c1-9-41(4)56(63-60(71)72-39-50-48-29-19-17-27-46(48)47-28-18-20-30-49(47)50)59(70)66(8)53(37-40(2)3)58(69)65(7)54(57(68)64(5)6)38-55(67)73-61(44-25-15-12-16-26-44,51-31-21-22-32-52(51)62)45-35-33-43(34-36-45)42-23-13-10-11-14-24-42/h12,15-22,25-36,40-42,50,53-54,56H,9-11,13-14,23-24,37-39H2,1-8H3,(H,63,71)/t41-,53-,54-,56-,61?/m0/s1. The Labute approximate surface area is 437 Å². The van der Waals surface area contributed by atoms with Crippen molar-refractivity contribution < 1.29 is 33.4 Å². The zero-order valence-electron chi connectivity index (χ0n) is 43.8. The average Bonchev–Trinajstić information content (AvgIpc) is 3.50. The van der Waals surface area contributed by atoms with Crippen LogP contribution in [-0.4, -0.2) is 97.4 Å². The number of benzene rings is 5. The minimum atomic E-state index is -1.55. The number of hydrogen-bond acceptors (Lipinski definition) is 7. The highest BCUT2D eigenvalue weighted by Crippen LogP contribution is 2.46. The first-order chi connectivity index (χ1) is 35.1. The van der Waals surface area contributed by atoms with E-state index in [-0.39, 0.29) is 30.8 Å². The van der Waals surface area contributed by atoms with E-state index in [1.54, 1.807) is 27.2 Å². The summed E-state index contributed by atoms with van der Waals surface area (Å²) in [5.41, 5.74) is 5.88. The molecule has 1 saturated carbocycles. The molecule has 4 amide bonds. The molecule has 2 aliphatic carbocycles. The number of nitrogens with zero attached hydrogens (tertiary/aromatic N) is 3. The van der Waals surface area contributed by atoms with Crippen molar-refractivity contribution in [2.45, 2.75) is 121 Å². The monoisotopic (exact) mass is 1010 g/mol. The van der Waals surface area contributed by atoms with E-state index in [4.69, 9.17) is 21.1 Å². The van der Waals surface area contributed by atoms with E-state index in [0.29, 0.717) is 34.1 Å². The number of carbonyl (C=O) groups is 5. The molecule has 73 heavy (non-hydrogen) atoms. The number of alkyl carbamates (subject to hydrolysis) is 1. The molecule has 5 aromatic rings. The normalized spacial score (nSPS) is 16.1. The third-order valence-corrected chi connectivity index (χ3v) is 15.5. The van der Waals surface area contributed by atoms with E-state index >= 15 is 4.79 Å². The van der Waals surface area contributed by atoms with Crippen LogP contribution in [0.2, 0.25) is 5.02 Å². The number of halogens is 1. The third kappa shape index (κ3) is 12.2. The number of carbonyl (C=O) groups excluding carboxylic acids is 5. The molecule has 11 nitrogen and oxygen atoms in total. The lowest BCUT2D eigenvalue weighted by Gasteiger charge is -2.39. The highest BCUT2D eigenvalue weighted by molar-refractivity contribution is 6.31. The zero-order chi connectivity index (χ0) is 52.4. The molecule has 1 unspecified atom stereocenters. The molecule has 1 N–H and O–H groups in total. The van der Waals surface area contributed by atoms with Gasteiger partial charge in [0, 0.05) is 55.8 Å². The molecule has 0 spiro atoms. The highest BCUT2D eigenvalue weighted by atomic mass is 35.5. The van der Waals surface area contributed by atoms with Crippen LogP contribution in [0.4, 0.5) is 4.79 Å². The van der Waals surface area contributed by atoms with E-state index in [0.717, 1.165) is 35.1 Å². The van der Waals surface area contributed by atoms with Crippen LogP contribution < -0.4 is 5.32 Å². The SMILES string of the molecule is CC[C@H](C)[C@H](NC(=O)OCC1c2ccccc2-c2ccccc21)C(=O)N(C)[C@@H](CC(C)C)C(=O)N(C)[C@@H](CC(=O)OC(c1ccccc1)(c1ccc(C2CCCCCC2)cc1)c1ccccc1Cl)C(=O)N(C)C. The smallest absolute Gasteiger partial charge is 0.407 e. The van der Waals surface area contributed by atoms with Crippen LogP contribution in [0.5, 0.6) is 0 Å². The fourth-order valence-electron chi connectivity index (χ4n) is 10.8. The molecular weight excluding hydrogens is 936 g/mol. The van der Waals surface area contributed by atoms with Crippen LogP contribution in [0.3, 0.4) is 0 Å². The molecule has 386 valence electrons. The number of amides is 4. The lowest BCUT2D eigenvalue weighted by Crippen LogP contribution is -2.59. The lowest BCUT2D eigenvalue weighted by molar-refractivity contribution is -0.160. The largest absolute Gasteiger partial charge is 0.449 e. The predicted octanol–water partition coefficient (Wildman–Crippen LogP) is 11.7. The van der Waals surface area contributed by atoms with Gasteiger partial charge in [-0.2, -0.15) is 0 Å². The van der Waals surface area contributed by atoms with Gasteiger partial charge in [-0.25, -0.2) is 4.79 Å². The van der Waals surface area contributed by atoms with Gasteiger partial charge in [-0.15, -0.1) is 0 Å². The van der Waals surface area contributed by atoms with Crippen molar-refractivity contribution in [3.63, 3.8) is 0 Å². The first-order valence-corrected chi connectivity index (χ1v) is 26.4. The summed E-state index contributed by atoms with van der Waals surface area (Å²) in [5, 5.41) is 3.24. The van der Waals surface area contributed by atoms with Crippen molar-refractivity contribution in [3.8, 4) is 11.1 Å². The fourth-order valence-corrected chi connectivity index (χ4v) is 11.1. The summed E-state index contributed by atoms with van der Waals surface area (Å²) in [6, 6.07) is 37.7. The number of ether oxygens (including phenoxy) is 2. The summed E-state index contributed by atoms with van der Waals surface area (Å²) in [7, 11) is 6.17. The minimum absolute atomic E-state index is 0.0671. The molecule has 5 aromatic carbocycles. The minimum Gasteiger partial charge on any atom is -0.449 e. The molecule has 0 bridgehead atoms. The molecule has 5 atom stereocenters. The van der Waals surface area contributed by atoms with Crippen molar-refractivity contribution >= 4 is 41.4 Å². The fraction of sp³-hybridized carbons (Fsp3) is 0.426. The van der Waals surface area contributed by atoms with Crippen molar-refractivity contribution in [2.75, 3.05) is 34.8 Å². The van der Waals surface area contributed by atoms with Gasteiger partial charge < -0.3 is 29.5 Å². The van der Waals surface area contributed by atoms with Crippen molar-refractivity contribution in [1.82, 2.24) is 20.0 Å². The number of rotatable bonds is 19. The second kappa shape index (κ2) is 24.5. The van der Waals surface area contributed by atoms with E-state index in [1.165, 1.54) is 53.0 Å². The summed E-state index contributed by atoms with van der Waals surface area (Å²) in [5.74, 6) is -2.43. The van der Waals surface area contributed by atoms with Gasteiger partial charge in [-0.3, -0.25) is 19.2 Å². The molecule has 0 aliphatic heterocycles. The van der Waals surface area contributed by atoms with Gasteiger partial charge in [0.05, 0.1) is 6.42 Å². The summed E-state index contributed by atoms with van der Waals surface area (Å²) >= 11 is 7.07. The number of nitrogens with one attached hydrogen (secondary N) is 1. The Morgan fingerprint density at radius 3 is 1.78 bits per heavy atom. The van der Waals surface area contributed by atoms with E-state index in [1.807, 2.05) is 125 Å². The maximum Gasteiger partial charge on any atom is 0.407 e. The maximum atomic E-state index is 15.1. The Morgan fingerprint density at radius 1 is 0.658 bits per heavy atom. The van der Waals surface area contributed by atoms with E-state index in [9.17, 15) is 19.2 Å². The van der Waals surface area contributed by atoms with Crippen molar-refractivity contribution in [3.05, 3.63) is 166 Å². The number of fused-ring (bicyclic) bond motifs is 3. The first kappa shape index (κ1) is 54.3. The molecule has 0 radical (unpaired) electrons. The molecule has 2 aliphatic rings. The number of likely N-dealkylation sites (N-methyl/N-ethyl adjacent to an activating group) is 3. The predicted molar refractivity (Wildman–Crippen MR) is 288 cm³/mol. The molecule has 12 heteroatoms. The summed E-state index contributed by atoms with van der Waals surface area (Å²) in [4.78, 5) is 76.8. The molecule has 0 aromatic heterocycles. The summed E-state index contributed by atoms with van der Waals surface area (Å²) in [6.45, 7) is 7.75. The van der Waals surface area contributed by atoms with E-state index < -0.39 is 59.9 Å². The maximum absolute atomic E-state index is 15.1. The lowest BCUT2D eigenvalue weighted by atomic mass is 9.79. The molecule has 7 rings (SSSR count). The zero-order valence-corrected chi connectivity index (χ0v) is 44.6. The quantitative estimate of drug-likeness (QED) is 0.0496. The van der Waals surface area contributed by atoms with Gasteiger partial charge in [0.15, 0.2) is 5.60 Å². The van der Waals surface area contributed by atoms with Crippen molar-refractivity contribution in [1.29, 1.82) is 0 Å². The number of esters is 1. The van der Waals surface area contributed by atoms with Gasteiger partial charge in [0.1, 0.15) is 24.7 Å². The van der Waals surface area contributed by atoms with Gasteiger partial charge in [0.2, 0.25) is 17.7 Å².